The van der Waals surface area contributed by atoms with Gasteiger partial charge < -0.3 is 11.1 Å². The Bertz CT molecular complexity index is 644. The predicted molar refractivity (Wildman–Crippen MR) is 91.8 cm³/mol. The number of benzene rings is 2. The van der Waals surface area contributed by atoms with Gasteiger partial charge in [0, 0.05) is 14.5 Å². The van der Waals surface area contributed by atoms with E-state index >= 15 is 0 Å². The van der Waals surface area contributed by atoms with Crippen LogP contribution in [-0.2, 0) is 0 Å². The lowest BCUT2D eigenvalue weighted by Crippen LogP contribution is -2.09. The van der Waals surface area contributed by atoms with E-state index in [4.69, 9.17) is 28.9 Å². The topological polar surface area (TPSA) is 38.0 Å². The van der Waals surface area contributed by atoms with Crippen molar-refractivity contribution < 1.29 is 0 Å². The van der Waals surface area contributed by atoms with Crippen LogP contribution < -0.4 is 11.1 Å². The standard InChI is InChI=1S/C15H15BrCl2N2/c1-8-5-10(16)6-14(15(8)19)20-9(2)12-4-3-11(17)7-13(12)18/h3-7,9,20H,19H2,1-2H3/t9-/m1/s1. The predicted octanol–water partition coefficient (Wildman–Crippen LogP) is 5.82. The molecule has 0 aliphatic rings. The smallest absolute Gasteiger partial charge is 0.0592 e. The van der Waals surface area contributed by atoms with E-state index in [-0.39, 0.29) is 6.04 Å². The highest BCUT2D eigenvalue weighted by Gasteiger charge is 2.12. The molecule has 0 aliphatic heterocycles. The monoisotopic (exact) mass is 372 g/mol. The number of anilines is 2. The lowest BCUT2D eigenvalue weighted by molar-refractivity contribution is 0.885. The molecule has 2 aromatic rings. The lowest BCUT2D eigenvalue weighted by atomic mass is 10.1. The minimum absolute atomic E-state index is 0.0239. The van der Waals surface area contributed by atoms with Gasteiger partial charge in [0.1, 0.15) is 0 Å². The van der Waals surface area contributed by atoms with Crippen molar-refractivity contribution in [2.75, 3.05) is 11.1 Å². The van der Waals surface area contributed by atoms with E-state index in [0.29, 0.717) is 10.0 Å². The summed E-state index contributed by atoms with van der Waals surface area (Å²) in [5.74, 6) is 0. The molecule has 0 amide bonds. The normalized spacial score (nSPS) is 12.2. The van der Waals surface area contributed by atoms with E-state index in [1.807, 2.05) is 38.1 Å². The summed E-state index contributed by atoms with van der Waals surface area (Å²) in [5.41, 5.74) is 9.73. The summed E-state index contributed by atoms with van der Waals surface area (Å²) in [4.78, 5) is 0. The molecule has 0 unspecified atom stereocenters. The van der Waals surface area contributed by atoms with Gasteiger partial charge in [-0.1, -0.05) is 45.2 Å². The molecule has 0 fully saturated rings. The van der Waals surface area contributed by atoms with Gasteiger partial charge in [0.15, 0.2) is 0 Å². The fraction of sp³-hybridized carbons (Fsp3) is 0.200. The number of nitrogens with two attached hydrogens (primary N) is 1. The first-order valence-corrected chi connectivity index (χ1v) is 7.70. The number of halogens is 3. The van der Waals surface area contributed by atoms with Gasteiger partial charge in [0.2, 0.25) is 0 Å². The molecule has 0 heterocycles. The summed E-state index contributed by atoms with van der Waals surface area (Å²) in [7, 11) is 0. The minimum Gasteiger partial charge on any atom is -0.397 e. The zero-order valence-corrected chi connectivity index (χ0v) is 14.3. The Labute approximate surface area is 137 Å². The van der Waals surface area contributed by atoms with Crippen molar-refractivity contribution in [2.24, 2.45) is 0 Å². The molecule has 20 heavy (non-hydrogen) atoms. The Kier molecular flexibility index (Phi) is 4.84. The van der Waals surface area contributed by atoms with E-state index in [9.17, 15) is 0 Å². The summed E-state index contributed by atoms with van der Waals surface area (Å²) in [5, 5.41) is 4.66. The molecule has 1 atom stereocenters. The van der Waals surface area contributed by atoms with E-state index in [1.165, 1.54) is 0 Å². The second-order valence-electron chi connectivity index (χ2n) is 4.72. The van der Waals surface area contributed by atoms with Crippen LogP contribution in [0.2, 0.25) is 10.0 Å². The molecule has 2 aromatic carbocycles. The Morgan fingerprint density at radius 2 is 1.90 bits per heavy atom. The van der Waals surface area contributed by atoms with E-state index in [0.717, 1.165) is 27.0 Å². The van der Waals surface area contributed by atoms with Gasteiger partial charge in [-0.2, -0.15) is 0 Å². The summed E-state index contributed by atoms with van der Waals surface area (Å²) >= 11 is 15.6. The largest absolute Gasteiger partial charge is 0.397 e. The molecule has 3 N–H and O–H groups in total. The van der Waals surface area contributed by atoms with Crippen molar-refractivity contribution in [1.82, 2.24) is 0 Å². The van der Waals surface area contributed by atoms with Gasteiger partial charge in [0.05, 0.1) is 17.4 Å². The summed E-state index contributed by atoms with van der Waals surface area (Å²) in [6.07, 6.45) is 0. The van der Waals surface area contributed by atoms with Crippen molar-refractivity contribution in [3.05, 3.63) is 56.0 Å². The highest BCUT2D eigenvalue weighted by Crippen LogP contribution is 2.33. The first-order chi connectivity index (χ1) is 9.38. The van der Waals surface area contributed by atoms with E-state index in [1.54, 1.807) is 6.07 Å². The number of hydrogen-bond acceptors (Lipinski definition) is 2. The quantitative estimate of drug-likeness (QED) is 0.665. The van der Waals surface area contributed by atoms with Gasteiger partial charge in [-0.3, -0.25) is 0 Å². The van der Waals surface area contributed by atoms with Gasteiger partial charge in [0.25, 0.3) is 0 Å². The Hall–Kier alpha value is -0.900. The van der Waals surface area contributed by atoms with E-state index < -0.39 is 0 Å². The third-order valence-corrected chi connectivity index (χ3v) is 4.17. The molecule has 0 spiro atoms. The molecular weight excluding hydrogens is 359 g/mol. The number of hydrogen-bond donors (Lipinski definition) is 2. The second kappa shape index (κ2) is 6.25. The Morgan fingerprint density at radius 1 is 1.20 bits per heavy atom. The fourth-order valence-corrected chi connectivity index (χ4v) is 3.18. The van der Waals surface area contributed by atoms with Crippen molar-refractivity contribution in [1.29, 1.82) is 0 Å². The van der Waals surface area contributed by atoms with Crippen LogP contribution in [0.25, 0.3) is 0 Å². The molecule has 0 aliphatic carbocycles. The molecule has 0 aromatic heterocycles. The number of nitrogen functional groups attached to an aromatic ring is 1. The van der Waals surface area contributed by atoms with Crippen LogP contribution in [0, 0.1) is 6.92 Å². The first-order valence-electron chi connectivity index (χ1n) is 6.15. The third kappa shape index (κ3) is 3.40. The Balaban J connectivity index is 2.30. The first kappa shape index (κ1) is 15.5. The molecule has 2 rings (SSSR count). The third-order valence-electron chi connectivity index (χ3n) is 3.15. The van der Waals surface area contributed by atoms with Crippen molar-refractivity contribution in [3.8, 4) is 0 Å². The fourth-order valence-electron chi connectivity index (χ4n) is 2.04. The number of nitrogens with one attached hydrogen (secondary N) is 1. The van der Waals surface area contributed by atoms with Gasteiger partial charge in [-0.25, -0.2) is 0 Å². The van der Waals surface area contributed by atoms with Crippen molar-refractivity contribution in [2.45, 2.75) is 19.9 Å². The summed E-state index contributed by atoms with van der Waals surface area (Å²) in [6, 6.07) is 9.46. The highest BCUT2D eigenvalue weighted by atomic mass is 79.9. The highest BCUT2D eigenvalue weighted by molar-refractivity contribution is 9.10. The lowest BCUT2D eigenvalue weighted by Gasteiger charge is -2.19. The van der Waals surface area contributed by atoms with Gasteiger partial charge >= 0.3 is 0 Å². The molecular formula is C15H15BrCl2N2. The van der Waals surface area contributed by atoms with Crippen LogP contribution in [-0.4, -0.2) is 0 Å². The minimum atomic E-state index is 0.0239. The maximum Gasteiger partial charge on any atom is 0.0592 e. The maximum atomic E-state index is 6.23. The van der Waals surface area contributed by atoms with E-state index in [2.05, 4.69) is 21.2 Å². The van der Waals surface area contributed by atoms with Gasteiger partial charge in [-0.15, -0.1) is 0 Å². The van der Waals surface area contributed by atoms with Gasteiger partial charge in [-0.05, 0) is 49.2 Å². The van der Waals surface area contributed by atoms with Crippen LogP contribution >= 0.6 is 39.1 Å². The van der Waals surface area contributed by atoms with Crippen LogP contribution in [0.4, 0.5) is 11.4 Å². The zero-order valence-electron chi connectivity index (χ0n) is 11.2. The van der Waals surface area contributed by atoms with Crippen LogP contribution in [0.15, 0.2) is 34.8 Å². The molecule has 0 saturated heterocycles. The zero-order chi connectivity index (χ0) is 14.9. The second-order valence-corrected chi connectivity index (χ2v) is 6.48. The summed E-state index contributed by atoms with van der Waals surface area (Å²) < 4.78 is 0.987. The van der Waals surface area contributed by atoms with Crippen molar-refractivity contribution in [3.63, 3.8) is 0 Å². The maximum absolute atomic E-state index is 6.23. The molecule has 5 heteroatoms. The molecule has 0 radical (unpaired) electrons. The summed E-state index contributed by atoms with van der Waals surface area (Å²) in [6.45, 7) is 4.01. The molecule has 0 bridgehead atoms. The molecule has 0 saturated carbocycles. The van der Waals surface area contributed by atoms with Crippen LogP contribution in [0.1, 0.15) is 24.1 Å². The average Bonchev–Trinajstić information content (AvgIpc) is 2.35. The number of rotatable bonds is 3. The SMILES string of the molecule is Cc1cc(Br)cc(N[C@H](C)c2ccc(Cl)cc2Cl)c1N. The average molecular weight is 374 g/mol. The van der Waals surface area contributed by atoms with Crippen LogP contribution in [0.3, 0.4) is 0 Å². The molecule has 2 nitrogen and oxygen atoms in total. The number of aryl methyl sites for hydroxylation is 1. The van der Waals surface area contributed by atoms with Crippen LogP contribution in [0.5, 0.6) is 0 Å². The molecule has 106 valence electrons. The van der Waals surface area contributed by atoms with Crippen molar-refractivity contribution >= 4 is 50.5 Å². The Morgan fingerprint density at radius 3 is 2.55 bits per heavy atom.